The third-order valence-electron chi connectivity index (χ3n) is 1.02. The van der Waals surface area contributed by atoms with Crippen molar-refractivity contribution in [3.8, 4) is 0 Å². The van der Waals surface area contributed by atoms with Crippen LogP contribution in [0.1, 0.15) is 0 Å². The molecule has 50 valence electrons. The summed E-state index contributed by atoms with van der Waals surface area (Å²) < 4.78 is 1.20. The topological polar surface area (TPSA) is 17.1 Å². The van der Waals surface area contributed by atoms with Crippen molar-refractivity contribution in [3.63, 3.8) is 0 Å². The van der Waals surface area contributed by atoms with E-state index in [2.05, 4.69) is 5.31 Å². The van der Waals surface area contributed by atoms with Gasteiger partial charge in [-0.05, 0) is 0 Å². The second-order valence-electron chi connectivity index (χ2n) is 1.51. The minimum absolute atomic E-state index is 0.0477. The maximum atomic E-state index is 10.1. The van der Waals surface area contributed by atoms with Gasteiger partial charge in [-0.3, -0.25) is 0 Å². The van der Waals surface area contributed by atoms with Crippen LogP contribution in [0.4, 0.5) is 0 Å². The predicted molar refractivity (Wildman–Crippen MR) is 32.3 cm³/mol. The Kier molecular flexibility index (Phi) is 2.21. The second kappa shape index (κ2) is 2.96. The van der Waals surface area contributed by atoms with Gasteiger partial charge in [0, 0.05) is 0 Å². The van der Waals surface area contributed by atoms with Gasteiger partial charge in [-0.25, -0.2) is 0 Å². The first-order valence-corrected chi connectivity index (χ1v) is 5.83. The van der Waals surface area contributed by atoms with Crippen LogP contribution < -0.4 is 0 Å². The Morgan fingerprint density at radius 2 is 2.44 bits per heavy atom. The summed E-state index contributed by atoms with van der Waals surface area (Å²) in [5, 5.41) is 2.14. The van der Waals surface area contributed by atoms with Gasteiger partial charge in [0.1, 0.15) is 0 Å². The SMILES string of the molecule is [CH3][Pt][C]1=CC=CC1=C=O. The molecule has 0 N–H and O–H groups in total. The van der Waals surface area contributed by atoms with Gasteiger partial charge in [0.25, 0.3) is 0 Å². The van der Waals surface area contributed by atoms with Crippen LogP contribution in [0.5, 0.6) is 0 Å². The third-order valence-corrected chi connectivity index (χ3v) is 3.23. The van der Waals surface area contributed by atoms with Crippen LogP contribution in [0, 0.1) is 0 Å². The van der Waals surface area contributed by atoms with Gasteiger partial charge in [0.05, 0.1) is 0 Å². The predicted octanol–water partition coefficient (Wildman–Crippen LogP) is 1.33. The first-order valence-electron chi connectivity index (χ1n) is 2.42. The number of carbonyl (C=O) groups excluding carboxylic acids is 1. The van der Waals surface area contributed by atoms with E-state index in [-0.39, 0.29) is 18.6 Å². The average molecular weight is 301 g/mol. The van der Waals surface area contributed by atoms with E-state index >= 15 is 0 Å². The van der Waals surface area contributed by atoms with Gasteiger partial charge in [-0.15, -0.1) is 0 Å². The molecule has 0 aromatic heterocycles. The van der Waals surface area contributed by atoms with Crippen LogP contribution in [-0.2, 0) is 23.4 Å². The summed E-state index contributed by atoms with van der Waals surface area (Å²) in [5.74, 6) is 1.90. The van der Waals surface area contributed by atoms with Crippen LogP contribution in [-0.4, -0.2) is 5.94 Å². The molecule has 0 fully saturated rings. The minimum atomic E-state index is 0.0477. The molecule has 1 aliphatic carbocycles. The van der Waals surface area contributed by atoms with Crippen LogP contribution >= 0.6 is 0 Å². The summed E-state index contributed by atoms with van der Waals surface area (Å²) >= 11 is 0.0477. The number of hydrogen-bond donors (Lipinski definition) is 0. The summed E-state index contributed by atoms with van der Waals surface area (Å²) in [6.07, 6.45) is 5.71. The van der Waals surface area contributed by atoms with Gasteiger partial charge in [0.15, 0.2) is 0 Å². The fraction of sp³-hybridized carbons (Fsp3) is 0.143. The van der Waals surface area contributed by atoms with Crippen molar-refractivity contribution in [2.45, 2.75) is 5.31 Å². The van der Waals surface area contributed by atoms with Crippen molar-refractivity contribution >= 4 is 5.94 Å². The van der Waals surface area contributed by atoms with Gasteiger partial charge in [-0.1, -0.05) is 0 Å². The van der Waals surface area contributed by atoms with Crippen molar-refractivity contribution in [1.29, 1.82) is 0 Å². The molecule has 0 radical (unpaired) electrons. The standard InChI is InChI=1S/C6H3O.CH3.Pt/c7-5-6-3-1-2-4-6;;/h1-3H;1H3;. The van der Waals surface area contributed by atoms with Crippen LogP contribution in [0.3, 0.4) is 0 Å². The average Bonchev–Trinajstić information content (AvgIpc) is 2.33. The summed E-state index contributed by atoms with van der Waals surface area (Å²) in [6, 6.07) is 0. The quantitative estimate of drug-likeness (QED) is 0.668. The number of hydrogen-bond acceptors (Lipinski definition) is 1. The number of rotatable bonds is 1. The van der Waals surface area contributed by atoms with E-state index in [4.69, 9.17) is 0 Å². The number of allylic oxidation sites excluding steroid dienone is 5. The summed E-state index contributed by atoms with van der Waals surface area (Å²) in [4.78, 5) is 10.1. The zero-order chi connectivity index (χ0) is 6.69. The van der Waals surface area contributed by atoms with Crippen LogP contribution in [0.2, 0.25) is 5.31 Å². The summed E-state index contributed by atoms with van der Waals surface area (Å²) in [7, 11) is 0. The van der Waals surface area contributed by atoms with E-state index < -0.39 is 0 Å². The third kappa shape index (κ3) is 1.30. The Labute approximate surface area is 62.7 Å². The molecule has 2 heteroatoms. The van der Waals surface area contributed by atoms with Crippen molar-refractivity contribution in [2.24, 2.45) is 0 Å². The normalized spacial score (nSPS) is 16.1. The first kappa shape index (κ1) is 6.73. The molecule has 9 heavy (non-hydrogen) atoms. The van der Waals surface area contributed by atoms with Gasteiger partial charge < -0.3 is 0 Å². The molecule has 0 atom stereocenters. The molecule has 0 bridgehead atoms. The molecule has 0 saturated heterocycles. The molecule has 0 unspecified atom stereocenters. The van der Waals surface area contributed by atoms with Crippen LogP contribution in [0.15, 0.2) is 27.8 Å². The zero-order valence-electron chi connectivity index (χ0n) is 4.96. The van der Waals surface area contributed by atoms with E-state index in [0.717, 1.165) is 5.57 Å². The molecule has 1 nitrogen and oxygen atoms in total. The van der Waals surface area contributed by atoms with E-state index in [1.165, 1.54) is 3.96 Å². The Bertz CT molecular complexity index is 219. The van der Waals surface area contributed by atoms with Crippen LogP contribution in [0.25, 0.3) is 0 Å². The van der Waals surface area contributed by atoms with E-state index in [1.807, 2.05) is 24.2 Å². The molecule has 0 amide bonds. The van der Waals surface area contributed by atoms with Gasteiger partial charge in [-0.2, -0.15) is 0 Å². The van der Waals surface area contributed by atoms with E-state index in [0.29, 0.717) is 0 Å². The maximum absolute atomic E-state index is 10.1. The Hall–Kier alpha value is -0.382. The van der Waals surface area contributed by atoms with Gasteiger partial charge in [0.2, 0.25) is 0 Å². The van der Waals surface area contributed by atoms with E-state index in [9.17, 15) is 4.79 Å². The second-order valence-corrected chi connectivity index (χ2v) is 3.87. The fourth-order valence-electron chi connectivity index (χ4n) is 0.605. The molecular formula is C7H6OPt. The Morgan fingerprint density at radius 1 is 1.67 bits per heavy atom. The molecule has 0 aromatic carbocycles. The van der Waals surface area contributed by atoms with Crippen molar-refractivity contribution < 1.29 is 23.4 Å². The molecule has 0 aromatic rings. The fourth-order valence-corrected chi connectivity index (χ4v) is 2.12. The molecular weight excluding hydrogens is 295 g/mol. The first-order chi connectivity index (χ1) is 4.38. The van der Waals surface area contributed by atoms with Gasteiger partial charge >= 0.3 is 62.4 Å². The molecule has 1 aliphatic rings. The molecule has 0 saturated carbocycles. The summed E-state index contributed by atoms with van der Waals surface area (Å²) in [5.41, 5.74) is 0.755. The van der Waals surface area contributed by atoms with Crippen molar-refractivity contribution in [2.75, 3.05) is 0 Å². The molecule has 1 rings (SSSR count). The Morgan fingerprint density at radius 3 is 2.89 bits per heavy atom. The summed E-state index contributed by atoms with van der Waals surface area (Å²) in [6.45, 7) is 0. The monoisotopic (exact) mass is 301 g/mol. The molecule has 0 spiro atoms. The molecule has 0 aliphatic heterocycles. The van der Waals surface area contributed by atoms with E-state index in [1.54, 1.807) is 0 Å². The Balaban J connectivity index is 2.91. The van der Waals surface area contributed by atoms with Crippen molar-refractivity contribution in [3.05, 3.63) is 27.8 Å². The molecule has 0 heterocycles. The van der Waals surface area contributed by atoms with Crippen molar-refractivity contribution in [1.82, 2.24) is 0 Å². The zero-order valence-corrected chi connectivity index (χ0v) is 7.23.